The number of Topliss-reactive ketones (excluding diaryl/α,β-unsaturated/α-hetero) is 1. The maximum absolute atomic E-state index is 13.0. The molecule has 10 heteroatoms. The molecule has 0 radical (unpaired) electrons. The monoisotopic (exact) mass is 420 g/mol. The Balaban J connectivity index is 2.06. The summed E-state index contributed by atoms with van der Waals surface area (Å²) in [6.45, 7) is 2.36. The number of benzene rings is 1. The Kier molecular flexibility index (Phi) is 5.56. The van der Waals surface area contributed by atoms with Gasteiger partial charge in [0, 0.05) is 31.9 Å². The molecule has 1 fully saturated rings. The fraction of sp³-hybridized carbons (Fsp3) is 0.368. The van der Waals surface area contributed by atoms with Crippen LogP contribution in [-0.4, -0.2) is 54.3 Å². The first-order chi connectivity index (χ1) is 13.7. The minimum absolute atomic E-state index is 0.0235. The van der Waals surface area contributed by atoms with Crippen LogP contribution in [0, 0.1) is 0 Å². The highest BCUT2D eigenvalue weighted by Gasteiger charge is 2.40. The third-order valence-corrected chi connectivity index (χ3v) is 6.44. The number of fused-ring (bicyclic) bond motifs is 1. The lowest BCUT2D eigenvalue weighted by Gasteiger charge is -2.32. The lowest BCUT2D eigenvalue weighted by atomic mass is 10.1. The Labute approximate surface area is 168 Å². The summed E-state index contributed by atoms with van der Waals surface area (Å²) in [4.78, 5) is 49.0. The molecule has 2 amide bonds. The normalized spacial score (nSPS) is 18.1. The molecule has 29 heavy (non-hydrogen) atoms. The van der Waals surface area contributed by atoms with E-state index in [1.807, 2.05) is 0 Å². The second kappa shape index (κ2) is 7.78. The minimum atomic E-state index is -4.00. The van der Waals surface area contributed by atoms with Crippen LogP contribution in [-0.2, 0) is 33.9 Å². The number of rotatable bonds is 6. The standard InChI is InChI=1S/C19H20N2O7S/c1-3-10-21-18(12(2)22)19(13-6-4-5-7-14(13)29(21,26)27)28-17(25)11-20-15(23)8-9-16(20)24/h4-7H,3,8-11H2,1-2H3. The van der Waals surface area contributed by atoms with Gasteiger partial charge in [-0.15, -0.1) is 0 Å². The van der Waals surface area contributed by atoms with Crippen molar-refractivity contribution in [2.75, 3.05) is 13.1 Å². The van der Waals surface area contributed by atoms with E-state index in [4.69, 9.17) is 4.74 Å². The first-order valence-corrected chi connectivity index (χ1v) is 10.5. The van der Waals surface area contributed by atoms with E-state index in [-0.39, 0.29) is 41.3 Å². The molecule has 2 heterocycles. The average molecular weight is 420 g/mol. The number of amides is 2. The van der Waals surface area contributed by atoms with Gasteiger partial charge < -0.3 is 4.74 Å². The van der Waals surface area contributed by atoms with Crippen LogP contribution in [0.25, 0.3) is 5.76 Å². The molecule has 0 saturated carbocycles. The Hall–Kier alpha value is -3.01. The lowest BCUT2D eigenvalue weighted by Crippen LogP contribution is -2.39. The molecule has 0 N–H and O–H groups in total. The Morgan fingerprint density at radius 2 is 1.72 bits per heavy atom. The molecule has 0 aromatic heterocycles. The van der Waals surface area contributed by atoms with Gasteiger partial charge in [0.15, 0.2) is 11.5 Å². The van der Waals surface area contributed by atoms with Crippen LogP contribution in [0.15, 0.2) is 34.9 Å². The van der Waals surface area contributed by atoms with Gasteiger partial charge in [0.25, 0.3) is 10.0 Å². The Morgan fingerprint density at radius 1 is 1.10 bits per heavy atom. The van der Waals surface area contributed by atoms with Gasteiger partial charge in [-0.2, -0.15) is 0 Å². The zero-order valence-corrected chi connectivity index (χ0v) is 16.8. The van der Waals surface area contributed by atoms with Crippen molar-refractivity contribution in [3.8, 4) is 0 Å². The van der Waals surface area contributed by atoms with Gasteiger partial charge in [0.2, 0.25) is 11.8 Å². The number of hydrogen-bond acceptors (Lipinski definition) is 7. The molecule has 9 nitrogen and oxygen atoms in total. The number of hydrogen-bond donors (Lipinski definition) is 0. The van der Waals surface area contributed by atoms with Crippen molar-refractivity contribution in [3.63, 3.8) is 0 Å². The van der Waals surface area contributed by atoms with Crippen molar-refractivity contribution in [1.29, 1.82) is 0 Å². The van der Waals surface area contributed by atoms with Crippen LogP contribution >= 0.6 is 0 Å². The van der Waals surface area contributed by atoms with Gasteiger partial charge in [-0.1, -0.05) is 19.1 Å². The summed E-state index contributed by atoms with van der Waals surface area (Å²) in [6, 6.07) is 5.89. The van der Waals surface area contributed by atoms with Gasteiger partial charge in [-0.05, 0) is 18.6 Å². The third kappa shape index (κ3) is 3.67. The average Bonchev–Trinajstić information content (AvgIpc) is 2.97. The molecule has 0 spiro atoms. The maximum atomic E-state index is 13.0. The molecule has 0 bridgehead atoms. The number of nitrogens with zero attached hydrogens (tertiary/aromatic N) is 2. The van der Waals surface area contributed by atoms with Crippen molar-refractivity contribution in [1.82, 2.24) is 9.21 Å². The summed E-state index contributed by atoms with van der Waals surface area (Å²) in [6.07, 6.45) is 0.480. The van der Waals surface area contributed by atoms with E-state index in [9.17, 15) is 27.6 Å². The number of carbonyl (C=O) groups excluding carboxylic acids is 4. The number of esters is 1. The van der Waals surface area contributed by atoms with Gasteiger partial charge in [0.1, 0.15) is 12.2 Å². The van der Waals surface area contributed by atoms with Crippen LogP contribution in [0.3, 0.4) is 0 Å². The van der Waals surface area contributed by atoms with E-state index >= 15 is 0 Å². The zero-order chi connectivity index (χ0) is 21.3. The summed E-state index contributed by atoms with van der Waals surface area (Å²) < 4.78 is 32.3. The van der Waals surface area contributed by atoms with Gasteiger partial charge >= 0.3 is 5.97 Å². The minimum Gasteiger partial charge on any atom is -0.422 e. The van der Waals surface area contributed by atoms with Gasteiger partial charge in [0.05, 0.1) is 4.90 Å². The molecule has 1 aromatic carbocycles. The highest BCUT2D eigenvalue weighted by molar-refractivity contribution is 7.89. The number of ether oxygens (including phenoxy) is 1. The molecule has 1 aromatic rings. The number of likely N-dealkylation sites (tertiary alicyclic amines) is 1. The topological polar surface area (TPSA) is 118 Å². The molecule has 1 saturated heterocycles. The summed E-state index contributed by atoms with van der Waals surface area (Å²) >= 11 is 0. The highest BCUT2D eigenvalue weighted by Crippen LogP contribution is 2.38. The summed E-state index contributed by atoms with van der Waals surface area (Å²) in [7, 11) is -4.00. The van der Waals surface area contributed by atoms with E-state index in [0.717, 1.165) is 9.21 Å². The Morgan fingerprint density at radius 3 is 2.31 bits per heavy atom. The predicted molar refractivity (Wildman–Crippen MR) is 100 cm³/mol. The van der Waals surface area contributed by atoms with E-state index in [2.05, 4.69) is 0 Å². The molecule has 0 unspecified atom stereocenters. The number of ketones is 1. The fourth-order valence-electron chi connectivity index (χ4n) is 3.31. The van der Waals surface area contributed by atoms with Crippen molar-refractivity contribution in [2.24, 2.45) is 0 Å². The largest absolute Gasteiger partial charge is 0.422 e. The zero-order valence-electron chi connectivity index (χ0n) is 16.0. The second-order valence-corrected chi connectivity index (χ2v) is 8.49. The van der Waals surface area contributed by atoms with Crippen molar-refractivity contribution in [3.05, 3.63) is 35.5 Å². The molecule has 0 aliphatic carbocycles. The molecule has 154 valence electrons. The van der Waals surface area contributed by atoms with Gasteiger partial charge in [-0.3, -0.25) is 23.6 Å². The molecule has 2 aliphatic heterocycles. The molecular weight excluding hydrogens is 400 g/mol. The van der Waals surface area contributed by atoms with Crippen molar-refractivity contribution < 1.29 is 32.3 Å². The van der Waals surface area contributed by atoms with Crippen molar-refractivity contribution in [2.45, 2.75) is 38.0 Å². The quantitative estimate of drug-likeness (QED) is 0.498. The van der Waals surface area contributed by atoms with Crippen LogP contribution in [0.5, 0.6) is 0 Å². The third-order valence-electron chi connectivity index (χ3n) is 4.58. The van der Waals surface area contributed by atoms with E-state index in [0.29, 0.717) is 6.42 Å². The lowest BCUT2D eigenvalue weighted by molar-refractivity contribution is -0.148. The van der Waals surface area contributed by atoms with Gasteiger partial charge in [-0.25, -0.2) is 13.2 Å². The number of imide groups is 1. The van der Waals surface area contributed by atoms with Crippen LogP contribution < -0.4 is 0 Å². The number of allylic oxidation sites excluding steroid dienone is 1. The van der Waals surface area contributed by atoms with Crippen LogP contribution in [0.4, 0.5) is 0 Å². The predicted octanol–water partition coefficient (Wildman–Crippen LogP) is 1.05. The number of sulfonamides is 1. The van der Waals surface area contributed by atoms with Crippen LogP contribution in [0.1, 0.15) is 38.7 Å². The van der Waals surface area contributed by atoms with E-state index < -0.39 is 40.1 Å². The first kappa shape index (κ1) is 20.7. The smallest absolute Gasteiger partial charge is 0.331 e. The maximum Gasteiger partial charge on any atom is 0.331 e. The number of carbonyl (C=O) groups is 4. The summed E-state index contributed by atoms with van der Waals surface area (Å²) in [5.74, 6) is -2.68. The molecule has 2 aliphatic rings. The summed E-state index contributed by atoms with van der Waals surface area (Å²) in [5, 5.41) is 0. The second-order valence-electron chi connectivity index (χ2n) is 6.65. The first-order valence-electron chi connectivity index (χ1n) is 9.09. The fourth-order valence-corrected chi connectivity index (χ4v) is 5.11. The highest BCUT2D eigenvalue weighted by atomic mass is 32.2. The van der Waals surface area contributed by atoms with Crippen molar-refractivity contribution >= 4 is 39.3 Å². The Bertz CT molecular complexity index is 1030. The van der Waals surface area contributed by atoms with E-state index in [1.54, 1.807) is 13.0 Å². The van der Waals surface area contributed by atoms with E-state index in [1.165, 1.54) is 25.1 Å². The molecule has 0 atom stereocenters. The molecule has 3 rings (SSSR count). The summed E-state index contributed by atoms with van der Waals surface area (Å²) in [5.41, 5.74) is -0.171. The SMILES string of the molecule is CCCN1C(C(C)=O)=C(OC(=O)CN2C(=O)CCC2=O)c2ccccc2S1(=O)=O. The van der Waals surface area contributed by atoms with Crippen LogP contribution in [0.2, 0.25) is 0 Å². The molecular formula is C19H20N2O7S.